The van der Waals surface area contributed by atoms with Gasteiger partial charge >= 0.3 is 0 Å². The van der Waals surface area contributed by atoms with Gasteiger partial charge in [-0.1, -0.05) is 6.92 Å². The largest absolute Gasteiger partial charge is 0.357 e. The van der Waals surface area contributed by atoms with Gasteiger partial charge in [-0.25, -0.2) is 0 Å². The minimum absolute atomic E-state index is 0.467. The molecule has 1 aromatic heterocycles. The number of guanidine groups is 1. The molecule has 0 aliphatic carbocycles. The van der Waals surface area contributed by atoms with Crippen molar-refractivity contribution in [3.63, 3.8) is 0 Å². The van der Waals surface area contributed by atoms with Crippen LogP contribution in [0, 0.1) is 5.92 Å². The first-order chi connectivity index (χ1) is 9.99. The minimum Gasteiger partial charge on any atom is -0.357 e. The van der Waals surface area contributed by atoms with Crippen molar-refractivity contribution in [3.05, 3.63) is 24.0 Å². The normalized spacial score (nSPS) is 23.8. The van der Waals surface area contributed by atoms with Gasteiger partial charge in [0.05, 0.1) is 0 Å². The number of hydrogen-bond acceptors (Lipinski definition) is 2. The van der Waals surface area contributed by atoms with Crippen LogP contribution in [0.15, 0.2) is 23.5 Å². The summed E-state index contributed by atoms with van der Waals surface area (Å²) in [5, 5.41) is 6.97. The summed E-state index contributed by atoms with van der Waals surface area (Å²) in [5.74, 6) is 1.53. The van der Waals surface area contributed by atoms with E-state index in [9.17, 15) is 0 Å². The minimum atomic E-state index is 0.467. The summed E-state index contributed by atoms with van der Waals surface area (Å²) in [6, 6.07) is 3.20. The molecule has 2 N–H and O–H groups in total. The van der Waals surface area contributed by atoms with Crippen LogP contribution >= 0.6 is 0 Å². The smallest absolute Gasteiger partial charge is 0.191 e. The molecule has 2 rings (SSSR count). The number of hydrogen-bond donors (Lipinski definition) is 2. The molecule has 1 fully saturated rings. The molecule has 2 heterocycles. The number of rotatable bonds is 4. The highest BCUT2D eigenvalue weighted by molar-refractivity contribution is 5.80. The zero-order valence-corrected chi connectivity index (χ0v) is 13.9. The zero-order chi connectivity index (χ0) is 15.4. The Labute approximate surface area is 128 Å². The van der Waals surface area contributed by atoms with Crippen LogP contribution in [0.1, 0.15) is 26.3 Å². The number of nitrogens with zero attached hydrogens (tertiary/aromatic N) is 3. The SMILES string of the molecule is CN=C(NCc1ccn(C)c1)NC1CN(C(C)C)CC1C. The van der Waals surface area contributed by atoms with Crippen molar-refractivity contribution in [1.29, 1.82) is 0 Å². The van der Waals surface area contributed by atoms with Crippen LogP contribution in [0.25, 0.3) is 0 Å². The molecule has 1 aliphatic rings. The Morgan fingerprint density at radius 3 is 2.71 bits per heavy atom. The van der Waals surface area contributed by atoms with E-state index in [0.717, 1.165) is 25.6 Å². The molecule has 2 unspecified atom stereocenters. The Morgan fingerprint density at radius 2 is 2.19 bits per heavy atom. The van der Waals surface area contributed by atoms with Crippen molar-refractivity contribution < 1.29 is 0 Å². The predicted octanol–water partition coefficient (Wildman–Crippen LogP) is 1.42. The molecule has 0 amide bonds. The second-order valence-electron chi connectivity index (χ2n) is 6.39. The van der Waals surface area contributed by atoms with E-state index in [2.05, 4.69) is 64.3 Å². The molecule has 5 heteroatoms. The Bertz CT molecular complexity index is 477. The highest BCUT2D eigenvalue weighted by Gasteiger charge is 2.31. The maximum atomic E-state index is 4.35. The van der Waals surface area contributed by atoms with Crippen molar-refractivity contribution in [3.8, 4) is 0 Å². The van der Waals surface area contributed by atoms with Gasteiger partial charge in [0.15, 0.2) is 5.96 Å². The van der Waals surface area contributed by atoms with E-state index >= 15 is 0 Å². The first-order valence-corrected chi connectivity index (χ1v) is 7.81. The molecule has 0 saturated carbocycles. The lowest BCUT2D eigenvalue weighted by Crippen LogP contribution is -2.46. The van der Waals surface area contributed by atoms with Gasteiger partial charge in [0.25, 0.3) is 0 Å². The molecule has 5 nitrogen and oxygen atoms in total. The fourth-order valence-corrected chi connectivity index (χ4v) is 2.84. The molecule has 0 radical (unpaired) electrons. The Kier molecular flexibility index (Phi) is 5.28. The van der Waals surface area contributed by atoms with E-state index in [4.69, 9.17) is 0 Å². The van der Waals surface area contributed by atoms with Crippen molar-refractivity contribution in [2.75, 3.05) is 20.1 Å². The molecule has 118 valence electrons. The van der Waals surface area contributed by atoms with Crippen molar-refractivity contribution in [1.82, 2.24) is 20.1 Å². The zero-order valence-electron chi connectivity index (χ0n) is 13.9. The third-order valence-corrected chi connectivity index (χ3v) is 4.27. The van der Waals surface area contributed by atoms with Crippen LogP contribution < -0.4 is 10.6 Å². The summed E-state index contributed by atoms with van der Waals surface area (Å²) in [6.07, 6.45) is 4.19. The van der Waals surface area contributed by atoms with Crippen LogP contribution in [0.5, 0.6) is 0 Å². The third kappa shape index (κ3) is 4.24. The van der Waals surface area contributed by atoms with Gasteiger partial charge in [0, 0.05) is 58.2 Å². The van der Waals surface area contributed by atoms with Gasteiger partial charge in [-0.3, -0.25) is 9.89 Å². The molecule has 0 bridgehead atoms. The number of nitrogens with one attached hydrogen (secondary N) is 2. The average molecular weight is 291 g/mol. The summed E-state index contributed by atoms with van der Waals surface area (Å²) < 4.78 is 2.06. The van der Waals surface area contributed by atoms with E-state index < -0.39 is 0 Å². The fraction of sp³-hybridized carbons (Fsp3) is 0.688. The number of aryl methyl sites for hydroxylation is 1. The molecular weight excluding hydrogens is 262 g/mol. The van der Waals surface area contributed by atoms with E-state index in [1.807, 2.05) is 14.1 Å². The third-order valence-electron chi connectivity index (χ3n) is 4.27. The monoisotopic (exact) mass is 291 g/mol. The molecule has 21 heavy (non-hydrogen) atoms. The summed E-state index contributed by atoms with van der Waals surface area (Å²) in [6.45, 7) is 9.88. The molecule has 0 spiro atoms. The second-order valence-corrected chi connectivity index (χ2v) is 6.39. The first-order valence-electron chi connectivity index (χ1n) is 7.81. The van der Waals surface area contributed by atoms with E-state index in [1.165, 1.54) is 5.56 Å². The van der Waals surface area contributed by atoms with Crippen LogP contribution in [0.3, 0.4) is 0 Å². The van der Waals surface area contributed by atoms with Crippen LogP contribution in [0.2, 0.25) is 0 Å². The van der Waals surface area contributed by atoms with Crippen molar-refractivity contribution >= 4 is 5.96 Å². The summed E-state index contributed by atoms with van der Waals surface area (Å²) in [4.78, 5) is 6.87. The molecule has 1 aromatic rings. The van der Waals surface area contributed by atoms with E-state index in [-0.39, 0.29) is 0 Å². The summed E-state index contributed by atoms with van der Waals surface area (Å²) >= 11 is 0. The standard InChI is InChI=1S/C16H29N5/c1-12(2)21-9-13(3)15(11-21)19-16(17-4)18-8-14-6-7-20(5)10-14/h6-7,10,12-13,15H,8-9,11H2,1-5H3,(H2,17,18,19). The number of aromatic nitrogens is 1. The Hall–Kier alpha value is -1.49. The highest BCUT2D eigenvalue weighted by Crippen LogP contribution is 2.18. The van der Waals surface area contributed by atoms with Gasteiger partial charge in [-0.05, 0) is 31.4 Å². The highest BCUT2D eigenvalue weighted by atomic mass is 15.3. The molecule has 1 aliphatic heterocycles. The summed E-state index contributed by atoms with van der Waals surface area (Å²) in [5.41, 5.74) is 1.27. The van der Waals surface area contributed by atoms with Gasteiger partial charge in [-0.15, -0.1) is 0 Å². The van der Waals surface area contributed by atoms with Gasteiger partial charge in [-0.2, -0.15) is 0 Å². The van der Waals surface area contributed by atoms with E-state index in [1.54, 1.807) is 0 Å². The van der Waals surface area contributed by atoms with Crippen LogP contribution in [-0.2, 0) is 13.6 Å². The quantitative estimate of drug-likeness (QED) is 0.651. The molecule has 0 aromatic carbocycles. The molecule has 2 atom stereocenters. The van der Waals surface area contributed by atoms with Crippen LogP contribution in [-0.4, -0.2) is 47.6 Å². The van der Waals surface area contributed by atoms with Gasteiger partial charge < -0.3 is 15.2 Å². The van der Waals surface area contributed by atoms with E-state index in [0.29, 0.717) is 18.0 Å². The topological polar surface area (TPSA) is 44.6 Å². The van der Waals surface area contributed by atoms with Crippen molar-refractivity contribution in [2.24, 2.45) is 18.0 Å². The lowest BCUT2D eigenvalue weighted by Gasteiger charge is -2.21. The molecular formula is C16H29N5. The average Bonchev–Trinajstić information content (AvgIpc) is 3.01. The first kappa shape index (κ1) is 15.9. The second kappa shape index (κ2) is 6.98. The lowest BCUT2D eigenvalue weighted by atomic mass is 10.1. The molecule has 1 saturated heterocycles. The van der Waals surface area contributed by atoms with Crippen LogP contribution in [0.4, 0.5) is 0 Å². The maximum absolute atomic E-state index is 4.35. The lowest BCUT2D eigenvalue weighted by molar-refractivity contribution is 0.265. The maximum Gasteiger partial charge on any atom is 0.191 e. The van der Waals surface area contributed by atoms with Gasteiger partial charge in [0.2, 0.25) is 0 Å². The van der Waals surface area contributed by atoms with Gasteiger partial charge in [0.1, 0.15) is 0 Å². The summed E-state index contributed by atoms with van der Waals surface area (Å²) in [7, 11) is 3.87. The fourth-order valence-electron chi connectivity index (χ4n) is 2.84. The Balaban J connectivity index is 1.85. The Morgan fingerprint density at radius 1 is 1.43 bits per heavy atom. The van der Waals surface area contributed by atoms with Crippen molar-refractivity contribution in [2.45, 2.75) is 39.4 Å². The predicted molar refractivity (Wildman–Crippen MR) is 88.4 cm³/mol. The number of aliphatic imine (C=N–C) groups is 1. The number of likely N-dealkylation sites (tertiary alicyclic amines) is 1.